The third kappa shape index (κ3) is 2.48. The van der Waals surface area contributed by atoms with E-state index in [2.05, 4.69) is 47.4 Å². The summed E-state index contributed by atoms with van der Waals surface area (Å²) >= 11 is 0. The van der Waals surface area contributed by atoms with Crippen LogP contribution in [-0.2, 0) is 11.8 Å². The summed E-state index contributed by atoms with van der Waals surface area (Å²) in [5.74, 6) is 0. The predicted octanol–water partition coefficient (Wildman–Crippen LogP) is 3.46. The molecule has 1 atom stereocenters. The minimum absolute atomic E-state index is 0.157. The Morgan fingerprint density at radius 3 is 2.30 bits per heavy atom. The number of rotatable bonds is 4. The second-order valence-electron chi connectivity index (χ2n) is 5.90. The van der Waals surface area contributed by atoms with Gasteiger partial charge in [-0.05, 0) is 42.5 Å². The lowest BCUT2D eigenvalue weighted by Crippen LogP contribution is -2.45. The molecule has 20 heavy (non-hydrogen) atoms. The summed E-state index contributed by atoms with van der Waals surface area (Å²) in [6, 6.07) is 15.2. The molecule has 104 valence electrons. The molecule has 2 nitrogen and oxygen atoms in total. The molecule has 0 radical (unpaired) electrons. The molecule has 1 fully saturated rings. The van der Waals surface area contributed by atoms with Crippen molar-refractivity contribution in [1.82, 2.24) is 4.98 Å². The van der Waals surface area contributed by atoms with Crippen molar-refractivity contribution in [2.45, 2.75) is 43.6 Å². The zero-order chi connectivity index (χ0) is 13.8. The average Bonchev–Trinajstić information content (AvgIpc) is 3.00. The summed E-state index contributed by atoms with van der Waals surface area (Å²) < 4.78 is 0. The van der Waals surface area contributed by atoms with Gasteiger partial charge in [-0.2, -0.15) is 0 Å². The summed E-state index contributed by atoms with van der Waals surface area (Å²) in [5, 5.41) is 0. The predicted molar refractivity (Wildman–Crippen MR) is 82.5 cm³/mol. The smallest absolute Gasteiger partial charge is 0.0270 e. The van der Waals surface area contributed by atoms with Gasteiger partial charge in [0.2, 0.25) is 0 Å². The SMILES string of the molecule is NC(Cc1ccncc1)C1(c2ccccc2)CCCC1. The lowest BCUT2D eigenvalue weighted by atomic mass is 9.71. The van der Waals surface area contributed by atoms with Gasteiger partial charge in [0.15, 0.2) is 0 Å². The third-order valence-corrected chi connectivity index (χ3v) is 4.76. The van der Waals surface area contributed by atoms with E-state index in [0.29, 0.717) is 0 Å². The Morgan fingerprint density at radius 1 is 1.00 bits per heavy atom. The first-order valence-corrected chi connectivity index (χ1v) is 7.51. The second kappa shape index (κ2) is 5.76. The molecular formula is C18H22N2. The quantitative estimate of drug-likeness (QED) is 0.920. The number of aromatic nitrogens is 1. The first kappa shape index (κ1) is 13.3. The number of hydrogen-bond acceptors (Lipinski definition) is 2. The summed E-state index contributed by atoms with van der Waals surface area (Å²) in [6.45, 7) is 0. The largest absolute Gasteiger partial charge is 0.327 e. The van der Waals surface area contributed by atoms with E-state index in [-0.39, 0.29) is 11.5 Å². The number of nitrogens with zero attached hydrogens (tertiary/aromatic N) is 1. The summed E-state index contributed by atoms with van der Waals surface area (Å²) in [7, 11) is 0. The van der Waals surface area contributed by atoms with Crippen LogP contribution >= 0.6 is 0 Å². The van der Waals surface area contributed by atoms with E-state index in [1.807, 2.05) is 12.4 Å². The number of benzene rings is 1. The highest BCUT2D eigenvalue weighted by molar-refractivity contribution is 5.30. The monoisotopic (exact) mass is 266 g/mol. The first-order valence-electron chi connectivity index (χ1n) is 7.51. The lowest BCUT2D eigenvalue weighted by molar-refractivity contribution is 0.347. The molecule has 2 N–H and O–H groups in total. The van der Waals surface area contributed by atoms with Gasteiger partial charge >= 0.3 is 0 Å². The highest BCUT2D eigenvalue weighted by Crippen LogP contribution is 2.43. The van der Waals surface area contributed by atoms with E-state index in [0.717, 1.165) is 6.42 Å². The van der Waals surface area contributed by atoms with E-state index < -0.39 is 0 Å². The zero-order valence-corrected chi connectivity index (χ0v) is 11.8. The van der Waals surface area contributed by atoms with E-state index >= 15 is 0 Å². The van der Waals surface area contributed by atoms with Crippen LogP contribution in [0.1, 0.15) is 36.8 Å². The molecule has 1 aliphatic rings. The highest BCUT2D eigenvalue weighted by Gasteiger charge is 2.40. The third-order valence-electron chi connectivity index (χ3n) is 4.76. The Balaban J connectivity index is 1.87. The van der Waals surface area contributed by atoms with Crippen LogP contribution in [-0.4, -0.2) is 11.0 Å². The number of nitrogens with two attached hydrogens (primary N) is 1. The van der Waals surface area contributed by atoms with Gasteiger partial charge in [-0.15, -0.1) is 0 Å². The summed E-state index contributed by atoms with van der Waals surface area (Å²) in [4.78, 5) is 4.08. The normalized spacial score (nSPS) is 18.9. The lowest BCUT2D eigenvalue weighted by Gasteiger charge is -2.36. The molecule has 1 aromatic carbocycles. The molecule has 0 bridgehead atoms. The number of pyridine rings is 1. The van der Waals surface area contributed by atoms with E-state index in [4.69, 9.17) is 5.73 Å². The molecule has 1 heterocycles. The highest BCUT2D eigenvalue weighted by atomic mass is 14.7. The van der Waals surface area contributed by atoms with Crippen molar-refractivity contribution in [2.24, 2.45) is 5.73 Å². The Kier molecular flexibility index (Phi) is 3.83. The molecule has 3 rings (SSSR count). The van der Waals surface area contributed by atoms with Crippen molar-refractivity contribution in [3.05, 3.63) is 66.0 Å². The van der Waals surface area contributed by atoms with E-state index in [9.17, 15) is 0 Å². The molecule has 2 aromatic rings. The van der Waals surface area contributed by atoms with Crippen molar-refractivity contribution in [3.8, 4) is 0 Å². The molecule has 1 aromatic heterocycles. The standard InChI is InChI=1S/C18H22N2/c19-17(14-15-8-12-20-13-9-15)18(10-4-5-11-18)16-6-2-1-3-7-16/h1-3,6-9,12-13,17H,4-5,10-11,14,19H2. The van der Waals surface area contributed by atoms with E-state index in [1.54, 1.807) is 0 Å². The maximum atomic E-state index is 6.66. The Morgan fingerprint density at radius 2 is 1.65 bits per heavy atom. The van der Waals surface area contributed by atoms with Crippen LogP contribution in [0.2, 0.25) is 0 Å². The Labute approximate surface area is 121 Å². The fraction of sp³-hybridized carbons (Fsp3) is 0.389. The zero-order valence-electron chi connectivity index (χ0n) is 11.8. The Hall–Kier alpha value is -1.67. The van der Waals surface area contributed by atoms with Crippen LogP contribution in [0.25, 0.3) is 0 Å². The van der Waals surface area contributed by atoms with Crippen molar-refractivity contribution in [2.75, 3.05) is 0 Å². The average molecular weight is 266 g/mol. The van der Waals surface area contributed by atoms with Crippen LogP contribution in [0.5, 0.6) is 0 Å². The molecule has 0 amide bonds. The van der Waals surface area contributed by atoms with Crippen LogP contribution in [0.4, 0.5) is 0 Å². The molecule has 0 spiro atoms. The summed E-state index contributed by atoms with van der Waals surface area (Å²) in [6.07, 6.45) is 9.64. The van der Waals surface area contributed by atoms with Crippen molar-refractivity contribution >= 4 is 0 Å². The van der Waals surface area contributed by atoms with Gasteiger partial charge in [0.05, 0.1) is 0 Å². The van der Waals surface area contributed by atoms with Gasteiger partial charge in [-0.1, -0.05) is 43.2 Å². The molecule has 0 saturated heterocycles. The van der Waals surface area contributed by atoms with Gasteiger partial charge in [-0.3, -0.25) is 4.98 Å². The van der Waals surface area contributed by atoms with Gasteiger partial charge in [0.1, 0.15) is 0 Å². The molecule has 1 aliphatic carbocycles. The van der Waals surface area contributed by atoms with Crippen molar-refractivity contribution in [3.63, 3.8) is 0 Å². The van der Waals surface area contributed by atoms with Crippen molar-refractivity contribution < 1.29 is 0 Å². The van der Waals surface area contributed by atoms with Crippen LogP contribution in [0.15, 0.2) is 54.9 Å². The fourth-order valence-corrected chi connectivity index (χ4v) is 3.62. The van der Waals surface area contributed by atoms with Crippen molar-refractivity contribution in [1.29, 1.82) is 0 Å². The van der Waals surface area contributed by atoms with Crippen LogP contribution < -0.4 is 5.73 Å². The Bertz CT molecular complexity index is 530. The molecule has 2 heteroatoms. The van der Waals surface area contributed by atoms with Gasteiger partial charge in [-0.25, -0.2) is 0 Å². The second-order valence-corrected chi connectivity index (χ2v) is 5.90. The minimum Gasteiger partial charge on any atom is -0.327 e. The topological polar surface area (TPSA) is 38.9 Å². The molecule has 0 aliphatic heterocycles. The van der Waals surface area contributed by atoms with Crippen LogP contribution in [0, 0.1) is 0 Å². The maximum Gasteiger partial charge on any atom is 0.0270 e. The summed E-state index contributed by atoms with van der Waals surface area (Å²) in [5.41, 5.74) is 9.52. The molecular weight excluding hydrogens is 244 g/mol. The van der Waals surface area contributed by atoms with Gasteiger partial charge in [0.25, 0.3) is 0 Å². The fourth-order valence-electron chi connectivity index (χ4n) is 3.62. The minimum atomic E-state index is 0.157. The first-order chi connectivity index (χ1) is 9.81. The molecule has 1 unspecified atom stereocenters. The van der Waals surface area contributed by atoms with Gasteiger partial charge in [0, 0.05) is 23.9 Å². The molecule has 1 saturated carbocycles. The number of hydrogen-bond donors (Lipinski definition) is 1. The van der Waals surface area contributed by atoms with E-state index in [1.165, 1.54) is 36.8 Å². The van der Waals surface area contributed by atoms with Gasteiger partial charge < -0.3 is 5.73 Å². The van der Waals surface area contributed by atoms with Crippen LogP contribution in [0.3, 0.4) is 0 Å². The maximum absolute atomic E-state index is 6.66.